The molecule has 0 spiro atoms. The predicted molar refractivity (Wildman–Crippen MR) is 72.9 cm³/mol. The van der Waals surface area contributed by atoms with Gasteiger partial charge in [0.15, 0.2) is 0 Å². The Morgan fingerprint density at radius 3 is 2.83 bits per heavy atom. The number of rotatable bonds is 2. The fourth-order valence-corrected chi connectivity index (χ4v) is 1.92. The SMILES string of the molecule is Cc1nc(/C=C/n2ncc3ccccc32)cn1C. The molecule has 0 amide bonds. The molecule has 2 heterocycles. The molecule has 0 atom stereocenters. The lowest BCUT2D eigenvalue weighted by molar-refractivity contribution is 0.858. The van der Waals surface area contributed by atoms with Crippen LogP contribution in [0, 0.1) is 6.92 Å². The van der Waals surface area contributed by atoms with Crippen molar-refractivity contribution in [2.45, 2.75) is 6.92 Å². The third kappa shape index (κ3) is 1.82. The summed E-state index contributed by atoms with van der Waals surface area (Å²) in [7, 11) is 1.99. The average molecular weight is 238 g/mol. The minimum absolute atomic E-state index is 0.939. The van der Waals surface area contributed by atoms with E-state index in [9.17, 15) is 0 Å². The highest BCUT2D eigenvalue weighted by Gasteiger charge is 1.99. The van der Waals surface area contributed by atoms with E-state index in [1.54, 1.807) is 0 Å². The van der Waals surface area contributed by atoms with Crippen molar-refractivity contribution in [1.82, 2.24) is 19.3 Å². The number of benzene rings is 1. The molecule has 0 radical (unpaired) electrons. The summed E-state index contributed by atoms with van der Waals surface area (Å²) in [6.07, 6.45) is 7.76. The van der Waals surface area contributed by atoms with Gasteiger partial charge in [-0.05, 0) is 19.1 Å². The fourth-order valence-electron chi connectivity index (χ4n) is 1.92. The van der Waals surface area contributed by atoms with Crippen molar-refractivity contribution in [3.63, 3.8) is 0 Å². The van der Waals surface area contributed by atoms with Gasteiger partial charge in [0.25, 0.3) is 0 Å². The zero-order valence-electron chi connectivity index (χ0n) is 10.4. The van der Waals surface area contributed by atoms with E-state index >= 15 is 0 Å². The van der Waals surface area contributed by atoms with Crippen LogP contribution in [-0.4, -0.2) is 19.3 Å². The van der Waals surface area contributed by atoms with Gasteiger partial charge in [-0.3, -0.25) is 0 Å². The molecule has 0 unspecified atom stereocenters. The first-order chi connectivity index (χ1) is 8.74. The average Bonchev–Trinajstić information content (AvgIpc) is 2.92. The Morgan fingerprint density at radius 2 is 2.06 bits per heavy atom. The zero-order chi connectivity index (χ0) is 12.5. The third-order valence-corrected chi connectivity index (χ3v) is 3.02. The number of aromatic nitrogens is 4. The Hall–Kier alpha value is -2.36. The van der Waals surface area contributed by atoms with Crippen molar-refractivity contribution >= 4 is 23.2 Å². The van der Waals surface area contributed by atoms with Crippen LogP contribution in [0.5, 0.6) is 0 Å². The van der Waals surface area contributed by atoms with Gasteiger partial charge in [-0.25, -0.2) is 9.67 Å². The summed E-state index contributed by atoms with van der Waals surface area (Å²) >= 11 is 0. The lowest BCUT2D eigenvalue weighted by Crippen LogP contribution is -1.87. The summed E-state index contributed by atoms with van der Waals surface area (Å²) in [5.41, 5.74) is 2.04. The van der Waals surface area contributed by atoms with Crippen molar-refractivity contribution in [2.24, 2.45) is 7.05 Å². The van der Waals surface area contributed by atoms with Gasteiger partial charge >= 0.3 is 0 Å². The maximum Gasteiger partial charge on any atom is 0.105 e. The van der Waals surface area contributed by atoms with E-state index in [-0.39, 0.29) is 0 Å². The van der Waals surface area contributed by atoms with Gasteiger partial charge in [0, 0.05) is 24.8 Å². The van der Waals surface area contributed by atoms with Crippen LogP contribution in [0.2, 0.25) is 0 Å². The van der Waals surface area contributed by atoms with Crippen molar-refractivity contribution in [3.8, 4) is 0 Å². The van der Waals surface area contributed by atoms with E-state index in [1.165, 1.54) is 0 Å². The molecule has 0 aliphatic rings. The summed E-state index contributed by atoms with van der Waals surface area (Å²) in [6.45, 7) is 1.99. The van der Waals surface area contributed by atoms with Crippen LogP contribution in [0.1, 0.15) is 11.5 Å². The molecule has 1 aromatic carbocycles. The molecule has 0 aliphatic heterocycles. The number of fused-ring (bicyclic) bond motifs is 1. The van der Waals surface area contributed by atoms with Crippen molar-refractivity contribution in [3.05, 3.63) is 48.2 Å². The van der Waals surface area contributed by atoms with E-state index < -0.39 is 0 Å². The second kappa shape index (κ2) is 4.14. The molecule has 2 aromatic heterocycles. The molecule has 4 heteroatoms. The second-order valence-corrected chi connectivity index (χ2v) is 4.29. The Balaban J connectivity index is 1.96. The maximum atomic E-state index is 4.42. The largest absolute Gasteiger partial charge is 0.338 e. The molecule has 3 rings (SSSR count). The predicted octanol–water partition coefficient (Wildman–Crippen LogP) is 2.71. The molecule has 4 nitrogen and oxygen atoms in total. The first-order valence-corrected chi connectivity index (χ1v) is 5.84. The number of imidazole rings is 1. The van der Waals surface area contributed by atoms with Gasteiger partial charge in [-0.2, -0.15) is 5.10 Å². The van der Waals surface area contributed by atoms with Gasteiger partial charge in [0.2, 0.25) is 0 Å². The zero-order valence-corrected chi connectivity index (χ0v) is 10.4. The van der Waals surface area contributed by atoms with Crippen molar-refractivity contribution in [2.75, 3.05) is 0 Å². The van der Waals surface area contributed by atoms with Crippen LogP contribution in [0.25, 0.3) is 23.2 Å². The molecule has 0 saturated carbocycles. The molecule has 3 aromatic rings. The van der Waals surface area contributed by atoms with Gasteiger partial charge in [-0.15, -0.1) is 0 Å². The van der Waals surface area contributed by atoms with E-state index in [1.807, 2.05) is 60.0 Å². The van der Waals surface area contributed by atoms with Crippen LogP contribution in [0.4, 0.5) is 0 Å². The van der Waals surface area contributed by atoms with E-state index in [4.69, 9.17) is 0 Å². The first-order valence-electron chi connectivity index (χ1n) is 5.84. The van der Waals surface area contributed by atoms with Gasteiger partial charge < -0.3 is 4.57 Å². The quantitative estimate of drug-likeness (QED) is 0.688. The molecule has 18 heavy (non-hydrogen) atoms. The smallest absolute Gasteiger partial charge is 0.105 e. The molecular formula is C14H14N4. The Bertz CT molecular complexity index is 699. The molecule has 0 bridgehead atoms. The lowest BCUT2D eigenvalue weighted by atomic mass is 10.3. The molecule has 0 saturated heterocycles. The number of aryl methyl sites for hydroxylation is 2. The Morgan fingerprint density at radius 1 is 1.22 bits per heavy atom. The van der Waals surface area contributed by atoms with E-state index in [0.29, 0.717) is 0 Å². The number of para-hydroxylation sites is 1. The minimum atomic E-state index is 0.939. The van der Waals surface area contributed by atoms with Crippen LogP contribution >= 0.6 is 0 Å². The maximum absolute atomic E-state index is 4.42. The van der Waals surface area contributed by atoms with Crippen molar-refractivity contribution in [1.29, 1.82) is 0 Å². The molecule has 90 valence electrons. The van der Waals surface area contributed by atoms with Crippen LogP contribution in [0.3, 0.4) is 0 Å². The van der Waals surface area contributed by atoms with Gasteiger partial charge in [0.05, 0.1) is 17.4 Å². The van der Waals surface area contributed by atoms with Gasteiger partial charge in [0.1, 0.15) is 5.82 Å². The summed E-state index contributed by atoms with van der Waals surface area (Å²) in [5.74, 6) is 1.000. The first kappa shape index (κ1) is 10.8. The monoisotopic (exact) mass is 238 g/mol. The number of nitrogens with zero attached hydrogens (tertiary/aromatic N) is 4. The normalized spacial score (nSPS) is 11.7. The highest BCUT2D eigenvalue weighted by Crippen LogP contribution is 2.13. The van der Waals surface area contributed by atoms with E-state index in [2.05, 4.69) is 22.2 Å². The summed E-state index contributed by atoms with van der Waals surface area (Å²) in [4.78, 5) is 4.42. The molecule has 0 aliphatic carbocycles. The van der Waals surface area contributed by atoms with Crippen LogP contribution in [0.15, 0.2) is 36.7 Å². The van der Waals surface area contributed by atoms with Crippen molar-refractivity contribution < 1.29 is 0 Å². The van der Waals surface area contributed by atoms with Gasteiger partial charge in [-0.1, -0.05) is 18.2 Å². The Labute approximate surface area is 105 Å². The third-order valence-electron chi connectivity index (χ3n) is 3.02. The highest BCUT2D eigenvalue weighted by molar-refractivity contribution is 5.81. The summed E-state index contributed by atoms with van der Waals surface area (Å²) < 4.78 is 3.86. The standard InChI is InChI=1S/C14H14N4/c1-11-16-13(10-17(11)2)7-8-18-14-6-4-3-5-12(14)9-15-18/h3-10H,1-2H3/b8-7+. The van der Waals surface area contributed by atoms with E-state index in [0.717, 1.165) is 22.4 Å². The summed E-state index contributed by atoms with van der Waals surface area (Å²) in [6, 6.07) is 8.13. The highest BCUT2D eigenvalue weighted by atomic mass is 15.3. The summed E-state index contributed by atoms with van der Waals surface area (Å²) in [5, 5.41) is 5.47. The second-order valence-electron chi connectivity index (χ2n) is 4.29. The minimum Gasteiger partial charge on any atom is -0.338 e. The molecule has 0 fully saturated rings. The number of hydrogen-bond donors (Lipinski definition) is 0. The molecule has 0 N–H and O–H groups in total. The Kier molecular flexibility index (Phi) is 2.48. The lowest BCUT2D eigenvalue weighted by Gasteiger charge is -1.94. The molecular weight excluding hydrogens is 224 g/mol. The van der Waals surface area contributed by atoms with Crippen LogP contribution < -0.4 is 0 Å². The topological polar surface area (TPSA) is 35.6 Å². The number of hydrogen-bond acceptors (Lipinski definition) is 2. The fraction of sp³-hybridized carbons (Fsp3) is 0.143. The van der Waals surface area contributed by atoms with Crippen LogP contribution in [-0.2, 0) is 7.05 Å².